The monoisotopic (exact) mass is 398 g/mol. The van der Waals surface area contributed by atoms with Crippen LogP contribution in [0.25, 0.3) is 11.5 Å². The molecule has 6 nitrogen and oxygen atoms in total. The largest absolute Gasteiger partial charge is 0.497 e. The Morgan fingerprint density at radius 3 is 2.79 bits per heavy atom. The zero-order chi connectivity index (χ0) is 19.8. The summed E-state index contributed by atoms with van der Waals surface area (Å²) in [6.07, 6.45) is 0. The predicted molar refractivity (Wildman–Crippen MR) is 101 cm³/mol. The minimum atomic E-state index is -0.471. The fourth-order valence-electron chi connectivity index (χ4n) is 2.11. The summed E-state index contributed by atoms with van der Waals surface area (Å²) in [6, 6.07) is 12.5. The standard InChI is InChI=1S/C20H15FN2O4S/c1-25-17-6-4-5-15(13-17)19(24)26-11-2-3-12-28-20-23-22-18(27-20)14-7-9-16(21)10-8-14/h4-10,13H,11-12H2,1H3. The fraction of sp³-hybridized carbons (Fsp3) is 0.150. The lowest BCUT2D eigenvalue weighted by molar-refractivity contribution is 0.0556. The van der Waals surface area contributed by atoms with Gasteiger partial charge in [0.05, 0.1) is 18.4 Å². The molecule has 3 rings (SSSR count). The van der Waals surface area contributed by atoms with Gasteiger partial charge in [-0.2, -0.15) is 0 Å². The van der Waals surface area contributed by atoms with Gasteiger partial charge in [0.15, 0.2) is 6.61 Å². The molecule has 1 heterocycles. The van der Waals surface area contributed by atoms with E-state index in [2.05, 4.69) is 22.0 Å². The molecule has 0 aliphatic rings. The Kier molecular flexibility index (Phi) is 6.65. The van der Waals surface area contributed by atoms with E-state index in [1.165, 1.54) is 31.0 Å². The van der Waals surface area contributed by atoms with E-state index >= 15 is 0 Å². The molecule has 0 aliphatic carbocycles. The molecule has 0 fully saturated rings. The Morgan fingerprint density at radius 1 is 1.18 bits per heavy atom. The highest BCUT2D eigenvalue weighted by Gasteiger charge is 2.09. The summed E-state index contributed by atoms with van der Waals surface area (Å²) in [5, 5.41) is 8.17. The van der Waals surface area contributed by atoms with Crippen LogP contribution in [-0.2, 0) is 4.74 Å². The van der Waals surface area contributed by atoms with Gasteiger partial charge in [0, 0.05) is 5.56 Å². The van der Waals surface area contributed by atoms with Crippen LogP contribution in [0.3, 0.4) is 0 Å². The van der Waals surface area contributed by atoms with Crippen LogP contribution >= 0.6 is 11.8 Å². The second kappa shape index (κ2) is 9.58. The van der Waals surface area contributed by atoms with Crippen LogP contribution in [0.15, 0.2) is 58.2 Å². The second-order valence-electron chi connectivity index (χ2n) is 5.33. The van der Waals surface area contributed by atoms with Gasteiger partial charge in [0.25, 0.3) is 5.22 Å². The minimum Gasteiger partial charge on any atom is -0.497 e. The molecule has 142 valence electrons. The molecule has 28 heavy (non-hydrogen) atoms. The Balaban J connectivity index is 1.44. The van der Waals surface area contributed by atoms with Crippen molar-refractivity contribution >= 4 is 17.7 Å². The second-order valence-corrected chi connectivity index (χ2v) is 6.26. The lowest BCUT2D eigenvalue weighted by Crippen LogP contribution is -2.05. The summed E-state index contributed by atoms with van der Waals surface area (Å²) in [6.45, 7) is -0.0265. The van der Waals surface area contributed by atoms with Gasteiger partial charge in [-0.1, -0.05) is 29.7 Å². The number of carbonyl (C=O) groups is 1. The van der Waals surface area contributed by atoms with Gasteiger partial charge in [-0.15, -0.1) is 10.2 Å². The molecule has 0 atom stereocenters. The van der Waals surface area contributed by atoms with E-state index in [0.29, 0.717) is 33.7 Å². The molecule has 0 unspecified atom stereocenters. The fourth-order valence-corrected chi connectivity index (χ4v) is 2.65. The number of halogens is 1. The first-order valence-corrected chi connectivity index (χ1v) is 9.13. The van der Waals surface area contributed by atoms with E-state index < -0.39 is 5.97 Å². The van der Waals surface area contributed by atoms with Crippen molar-refractivity contribution in [3.05, 3.63) is 59.9 Å². The average molecular weight is 398 g/mol. The number of carbonyl (C=O) groups excluding carboxylic acids is 1. The highest BCUT2D eigenvalue weighted by atomic mass is 32.2. The maximum Gasteiger partial charge on any atom is 0.339 e. The van der Waals surface area contributed by atoms with E-state index in [-0.39, 0.29) is 12.4 Å². The molecule has 0 bridgehead atoms. The lowest BCUT2D eigenvalue weighted by atomic mass is 10.2. The van der Waals surface area contributed by atoms with Crippen molar-refractivity contribution in [2.24, 2.45) is 0 Å². The van der Waals surface area contributed by atoms with Crippen LogP contribution in [0.2, 0.25) is 0 Å². The van der Waals surface area contributed by atoms with E-state index in [1.54, 1.807) is 36.4 Å². The van der Waals surface area contributed by atoms with Crippen LogP contribution < -0.4 is 4.74 Å². The molecule has 3 aromatic rings. The van der Waals surface area contributed by atoms with Gasteiger partial charge in [0.2, 0.25) is 5.89 Å². The average Bonchev–Trinajstić information content (AvgIpc) is 3.20. The van der Waals surface area contributed by atoms with Gasteiger partial charge in [-0.25, -0.2) is 9.18 Å². The number of methoxy groups -OCH3 is 1. The number of rotatable bonds is 6. The Bertz CT molecular complexity index is 1010. The van der Waals surface area contributed by atoms with Crippen molar-refractivity contribution in [2.45, 2.75) is 5.22 Å². The normalized spacial score (nSPS) is 10.1. The van der Waals surface area contributed by atoms with Crippen LogP contribution in [0.5, 0.6) is 5.75 Å². The molecule has 2 aromatic carbocycles. The third-order valence-electron chi connectivity index (χ3n) is 3.47. The highest BCUT2D eigenvalue weighted by molar-refractivity contribution is 7.99. The first kappa shape index (κ1) is 19.5. The van der Waals surface area contributed by atoms with Crippen molar-refractivity contribution in [2.75, 3.05) is 19.5 Å². The van der Waals surface area contributed by atoms with Gasteiger partial charge in [-0.3, -0.25) is 0 Å². The molecular weight excluding hydrogens is 383 g/mol. The van der Waals surface area contributed by atoms with E-state index in [9.17, 15) is 9.18 Å². The Morgan fingerprint density at radius 2 is 2.00 bits per heavy atom. The van der Waals surface area contributed by atoms with Crippen LogP contribution in [0.4, 0.5) is 4.39 Å². The smallest absolute Gasteiger partial charge is 0.339 e. The third kappa shape index (κ3) is 5.34. The van der Waals surface area contributed by atoms with Crippen LogP contribution in [-0.4, -0.2) is 35.6 Å². The number of esters is 1. The molecule has 0 spiro atoms. The van der Waals surface area contributed by atoms with E-state index in [4.69, 9.17) is 13.9 Å². The SMILES string of the molecule is COc1cccc(C(=O)OCC#CCSc2nnc(-c3ccc(F)cc3)o2)c1. The summed E-state index contributed by atoms with van der Waals surface area (Å²) < 4.78 is 28.6. The zero-order valence-electron chi connectivity index (χ0n) is 14.8. The third-order valence-corrected chi connectivity index (χ3v) is 4.17. The van der Waals surface area contributed by atoms with Crippen molar-refractivity contribution in [1.29, 1.82) is 0 Å². The maximum absolute atomic E-state index is 12.9. The Labute approximate surface area is 165 Å². The van der Waals surface area contributed by atoms with E-state index in [0.717, 1.165) is 0 Å². The number of hydrogen-bond donors (Lipinski definition) is 0. The summed E-state index contributed by atoms with van der Waals surface area (Å²) in [4.78, 5) is 11.9. The summed E-state index contributed by atoms with van der Waals surface area (Å²) in [7, 11) is 1.53. The summed E-state index contributed by atoms with van der Waals surface area (Å²) >= 11 is 1.25. The van der Waals surface area contributed by atoms with Crippen molar-refractivity contribution < 1.29 is 23.1 Å². The van der Waals surface area contributed by atoms with Crippen molar-refractivity contribution in [3.63, 3.8) is 0 Å². The number of thioether (sulfide) groups is 1. The molecular formula is C20H15FN2O4S. The number of nitrogens with zero attached hydrogens (tertiary/aromatic N) is 2. The van der Waals surface area contributed by atoms with Gasteiger partial charge in [-0.05, 0) is 42.5 Å². The predicted octanol–water partition coefficient (Wildman–Crippen LogP) is 3.84. The van der Waals surface area contributed by atoms with Crippen LogP contribution in [0, 0.1) is 17.7 Å². The zero-order valence-corrected chi connectivity index (χ0v) is 15.7. The molecule has 0 saturated carbocycles. The summed E-state index contributed by atoms with van der Waals surface area (Å²) in [5.74, 6) is 6.08. The maximum atomic E-state index is 12.9. The Hall–Kier alpha value is -3.31. The number of benzene rings is 2. The molecule has 0 amide bonds. The van der Waals surface area contributed by atoms with Crippen LogP contribution in [0.1, 0.15) is 10.4 Å². The minimum absolute atomic E-state index is 0.0265. The molecule has 0 radical (unpaired) electrons. The molecule has 1 aromatic heterocycles. The van der Waals surface area contributed by atoms with Gasteiger partial charge >= 0.3 is 5.97 Å². The number of hydrogen-bond acceptors (Lipinski definition) is 7. The summed E-state index contributed by atoms with van der Waals surface area (Å²) in [5.41, 5.74) is 1.03. The number of ether oxygens (including phenoxy) is 2. The van der Waals surface area contributed by atoms with E-state index in [1.807, 2.05) is 0 Å². The number of aromatic nitrogens is 2. The molecule has 0 aliphatic heterocycles. The highest BCUT2D eigenvalue weighted by Crippen LogP contribution is 2.22. The first-order valence-electron chi connectivity index (χ1n) is 8.15. The van der Waals surface area contributed by atoms with Crippen molar-refractivity contribution in [3.8, 4) is 29.0 Å². The topological polar surface area (TPSA) is 74.5 Å². The first-order chi connectivity index (χ1) is 13.7. The molecule has 8 heteroatoms. The quantitative estimate of drug-likeness (QED) is 0.355. The lowest BCUT2D eigenvalue weighted by Gasteiger charge is -2.03. The van der Waals surface area contributed by atoms with Gasteiger partial charge in [0.1, 0.15) is 11.6 Å². The molecule has 0 saturated heterocycles. The van der Waals surface area contributed by atoms with Gasteiger partial charge < -0.3 is 13.9 Å². The van der Waals surface area contributed by atoms with Crippen molar-refractivity contribution in [1.82, 2.24) is 10.2 Å². The molecule has 0 N–H and O–H groups in total.